The van der Waals surface area contributed by atoms with E-state index in [1.807, 2.05) is 6.07 Å². The van der Waals surface area contributed by atoms with Gasteiger partial charge in [-0.15, -0.1) is 0 Å². The molecule has 2 aromatic carbocycles. The van der Waals surface area contributed by atoms with E-state index in [9.17, 15) is 9.90 Å². The van der Waals surface area contributed by atoms with Crippen LogP contribution in [0.2, 0.25) is 0 Å². The molecule has 0 saturated heterocycles. The summed E-state index contributed by atoms with van der Waals surface area (Å²) in [6, 6.07) is 13.6. The lowest BCUT2D eigenvalue weighted by molar-refractivity contribution is 0.102. The van der Waals surface area contributed by atoms with Crippen LogP contribution in [0.1, 0.15) is 10.4 Å². The predicted molar refractivity (Wildman–Crippen MR) is 70.2 cm³/mol. The highest BCUT2D eigenvalue weighted by molar-refractivity contribution is 9.10. The van der Waals surface area contributed by atoms with Gasteiger partial charge in [-0.2, -0.15) is 0 Å². The van der Waals surface area contributed by atoms with Gasteiger partial charge < -0.3 is 10.4 Å². The number of carbonyl (C=O) groups is 1. The number of phenolic OH excluding ortho intramolecular Hbond substituents is 1. The minimum Gasteiger partial charge on any atom is -0.508 e. The molecule has 2 rings (SSSR count). The van der Waals surface area contributed by atoms with Crippen molar-refractivity contribution in [3.05, 3.63) is 58.6 Å². The Bertz CT molecular complexity index is 555. The number of nitrogens with one attached hydrogen (secondary N) is 1. The molecule has 0 fully saturated rings. The Morgan fingerprint density at radius 1 is 1.12 bits per heavy atom. The van der Waals surface area contributed by atoms with Gasteiger partial charge in [0.25, 0.3) is 5.91 Å². The summed E-state index contributed by atoms with van der Waals surface area (Å²) in [5, 5.41) is 12.0. The number of anilines is 1. The van der Waals surface area contributed by atoms with Crippen molar-refractivity contribution >= 4 is 27.5 Å². The molecular formula is C13H10BrNO2. The van der Waals surface area contributed by atoms with Crippen LogP contribution in [0.25, 0.3) is 0 Å². The van der Waals surface area contributed by atoms with Gasteiger partial charge in [0.2, 0.25) is 0 Å². The lowest BCUT2D eigenvalue weighted by atomic mass is 10.2. The number of hydrogen-bond donors (Lipinski definition) is 2. The maximum atomic E-state index is 11.9. The van der Waals surface area contributed by atoms with Crippen LogP contribution in [0, 0.1) is 0 Å². The van der Waals surface area contributed by atoms with E-state index in [1.165, 1.54) is 6.07 Å². The normalized spacial score (nSPS) is 9.94. The van der Waals surface area contributed by atoms with Crippen molar-refractivity contribution in [1.29, 1.82) is 0 Å². The van der Waals surface area contributed by atoms with E-state index in [0.29, 0.717) is 11.3 Å². The van der Waals surface area contributed by atoms with Crippen LogP contribution in [0.3, 0.4) is 0 Å². The molecule has 17 heavy (non-hydrogen) atoms. The van der Waals surface area contributed by atoms with Crippen LogP contribution < -0.4 is 5.32 Å². The van der Waals surface area contributed by atoms with Gasteiger partial charge in [0.05, 0.1) is 5.56 Å². The van der Waals surface area contributed by atoms with E-state index in [1.54, 1.807) is 36.4 Å². The molecule has 0 unspecified atom stereocenters. The third-order valence-corrected chi connectivity index (χ3v) is 2.91. The predicted octanol–water partition coefficient (Wildman–Crippen LogP) is 3.41. The molecule has 0 spiro atoms. The Hall–Kier alpha value is -1.81. The van der Waals surface area contributed by atoms with Gasteiger partial charge in [0.1, 0.15) is 5.75 Å². The van der Waals surface area contributed by atoms with E-state index in [4.69, 9.17) is 0 Å². The molecule has 0 aliphatic heterocycles. The summed E-state index contributed by atoms with van der Waals surface area (Å²) in [4.78, 5) is 11.9. The number of aromatic hydroxyl groups is 1. The van der Waals surface area contributed by atoms with Crippen molar-refractivity contribution in [3.63, 3.8) is 0 Å². The number of amides is 1. The number of benzene rings is 2. The number of halogens is 1. The molecule has 0 heterocycles. The lowest BCUT2D eigenvalue weighted by Gasteiger charge is -2.06. The average Bonchev–Trinajstić information content (AvgIpc) is 2.29. The van der Waals surface area contributed by atoms with Crippen molar-refractivity contribution < 1.29 is 9.90 Å². The molecule has 2 N–H and O–H groups in total. The number of phenols is 1. The van der Waals surface area contributed by atoms with E-state index in [2.05, 4.69) is 21.2 Å². The minimum absolute atomic E-state index is 0.120. The van der Waals surface area contributed by atoms with Crippen LogP contribution in [0.4, 0.5) is 5.69 Å². The van der Waals surface area contributed by atoms with Gasteiger partial charge in [0, 0.05) is 16.2 Å². The molecule has 0 saturated carbocycles. The molecule has 0 radical (unpaired) electrons. The first-order valence-electron chi connectivity index (χ1n) is 5.02. The third kappa shape index (κ3) is 2.85. The second kappa shape index (κ2) is 5.01. The molecule has 0 atom stereocenters. The Morgan fingerprint density at radius 2 is 1.88 bits per heavy atom. The first kappa shape index (κ1) is 11.7. The van der Waals surface area contributed by atoms with Gasteiger partial charge in [-0.3, -0.25) is 4.79 Å². The highest BCUT2D eigenvalue weighted by Crippen LogP contribution is 2.19. The first-order valence-corrected chi connectivity index (χ1v) is 5.81. The zero-order valence-electron chi connectivity index (χ0n) is 8.85. The SMILES string of the molecule is O=C(Nc1cccc(O)c1)c1ccccc1Br. The molecule has 3 nitrogen and oxygen atoms in total. The molecule has 1 amide bonds. The van der Waals surface area contributed by atoms with Crippen LogP contribution in [0.15, 0.2) is 53.0 Å². The highest BCUT2D eigenvalue weighted by atomic mass is 79.9. The summed E-state index contributed by atoms with van der Waals surface area (Å²) < 4.78 is 0.734. The molecule has 0 bridgehead atoms. The lowest BCUT2D eigenvalue weighted by Crippen LogP contribution is -2.12. The fraction of sp³-hybridized carbons (Fsp3) is 0. The number of carbonyl (C=O) groups excluding carboxylic acids is 1. The average molecular weight is 292 g/mol. The van der Waals surface area contributed by atoms with E-state index in [-0.39, 0.29) is 11.7 Å². The van der Waals surface area contributed by atoms with E-state index in [0.717, 1.165) is 4.47 Å². The molecular weight excluding hydrogens is 282 g/mol. The van der Waals surface area contributed by atoms with Crippen LogP contribution in [0.5, 0.6) is 5.75 Å². The molecule has 0 aliphatic carbocycles. The molecule has 86 valence electrons. The van der Waals surface area contributed by atoms with Crippen LogP contribution >= 0.6 is 15.9 Å². The summed E-state index contributed by atoms with van der Waals surface area (Å²) >= 11 is 3.31. The standard InChI is InChI=1S/C13H10BrNO2/c14-12-7-2-1-6-11(12)13(17)15-9-4-3-5-10(16)8-9/h1-8,16H,(H,15,17). The van der Waals surface area contributed by atoms with Crippen molar-refractivity contribution in [2.75, 3.05) is 5.32 Å². The summed E-state index contributed by atoms with van der Waals surface area (Å²) in [6.45, 7) is 0. The van der Waals surface area contributed by atoms with Gasteiger partial charge in [-0.1, -0.05) is 18.2 Å². The van der Waals surface area contributed by atoms with E-state index < -0.39 is 0 Å². The van der Waals surface area contributed by atoms with Gasteiger partial charge in [0.15, 0.2) is 0 Å². The van der Waals surface area contributed by atoms with Gasteiger partial charge in [-0.05, 0) is 40.2 Å². The second-order valence-corrected chi connectivity index (χ2v) is 4.34. The van der Waals surface area contributed by atoms with Crippen molar-refractivity contribution in [2.45, 2.75) is 0 Å². The summed E-state index contributed by atoms with van der Waals surface area (Å²) in [7, 11) is 0. The molecule has 2 aromatic rings. The highest BCUT2D eigenvalue weighted by Gasteiger charge is 2.09. The number of rotatable bonds is 2. The maximum Gasteiger partial charge on any atom is 0.256 e. The minimum atomic E-state index is -0.219. The van der Waals surface area contributed by atoms with Gasteiger partial charge in [-0.25, -0.2) is 0 Å². The van der Waals surface area contributed by atoms with Crippen LogP contribution in [-0.2, 0) is 0 Å². The summed E-state index contributed by atoms with van der Waals surface area (Å²) in [5.41, 5.74) is 1.11. The first-order chi connectivity index (χ1) is 8.16. The Kier molecular flexibility index (Phi) is 3.44. The van der Waals surface area contributed by atoms with Gasteiger partial charge >= 0.3 is 0 Å². The Balaban J connectivity index is 2.20. The number of hydrogen-bond acceptors (Lipinski definition) is 2. The topological polar surface area (TPSA) is 49.3 Å². The summed E-state index contributed by atoms with van der Waals surface area (Å²) in [5.74, 6) is -0.0991. The quantitative estimate of drug-likeness (QED) is 0.891. The zero-order valence-corrected chi connectivity index (χ0v) is 10.4. The van der Waals surface area contributed by atoms with Crippen molar-refractivity contribution in [1.82, 2.24) is 0 Å². The molecule has 4 heteroatoms. The van der Waals surface area contributed by atoms with Crippen LogP contribution in [-0.4, -0.2) is 11.0 Å². The third-order valence-electron chi connectivity index (χ3n) is 2.22. The Morgan fingerprint density at radius 3 is 2.59 bits per heavy atom. The van der Waals surface area contributed by atoms with Crippen molar-refractivity contribution in [2.24, 2.45) is 0 Å². The summed E-state index contributed by atoms with van der Waals surface area (Å²) in [6.07, 6.45) is 0. The fourth-order valence-corrected chi connectivity index (χ4v) is 1.89. The molecule has 0 aromatic heterocycles. The largest absolute Gasteiger partial charge is 0.508 e. The molecule has 0 aliphatic rings. The second-order valence-electron chi connectivity index (χ2n) is 3.48. The Labute approximate surface area is 107 Å². The monoisotopic (exact) mass is 291 g/mol. The fourth-order valence-electron chi connectivity index (χ4n) is 1.43. The van der Waals surface area contributed by atoms with E-state index >= 15 is 0 Å². The van der Waals surface area contributed by atoms with Crippen molar-refractivity contribution in [3.8, 4) is 5.75 Å². The maximum absolute atomic E-state index is 11.9. The smallest absolute Gasteiger partial charge is 0.256 e. The zero-order chi connectivity index (χ0) is 12.3.